The molecule has 2 aromatic carbocycles. The first-order valence-corrected chi connectivity index (χ1v) is 12.4. The molecular weight excluding hydrogens is 453 g/mol. The van der Waals surface area contributed by atoms with E-state index in [-0.39, 0.29) is 23.9 Å². The fraction of sp³-hybridized carbons (Fsp3) is 0.375. The smallest absolute Gasteiger partial charge is 0.287 e. The summed E-state index contributed by atoms with van der Waals surface area (Å²) >= 11 is 0. The van der Waals surface area contributed by atoms with Crippen LogP contribution in [0.5, 0.6) is 0 Å². The minimum atomic E-state index is -4.52. The van der Waals surface area contributed by atoms with Gasteiger partial charge in [-0.2, -0.15) is 13.2 Å². The molecular formula is C24H25F3N2O3S. The van der Waals surface area contributed by atoms with Gasteiger partial charge in [-0.25, -0.2) is 13.1 Å². The lowest BCUT2D eigenvalue weighted by Crippen LogP contribution is -2.38. The minimum Gasteiger partial charge on any atom is -0.287 e. The molecule has 0 saturated heterocycles. The van der Waals surface area contributed by atoms with Crippen molar-refractivity contribution in [1.82, 2.24) is 9.29 Å². The van der Waals surface area contributed by atoms with Gasteiger partial charge in [-0.15, -0.1) is 0 Å². The Kier molecular flexibility index (Phi) is 6.13. The highest BCUT2D eigenvalue weighted by molar-refractivity contribution is 7.90. The minimum absolute atomic E-state index is 0.00614. The molecule has 1 aliphatic carbocycles. The van der Waals surface area contributed by atoms with Gasteiger partial charge in [0.05, 0.1) is 16.3 Å². The lowest BCUT2D eigenvalue weighted by Gasteiger charge is -2.25. The van der Waals surface area contributed by atoms with E-state index in [2.05, 4.69) is 4.72 Å². The van der Waals surface area contributed by atoms with Crippen LogP contribution >= 0.6 is 0 Å². The molecule has 0 radical (unpaired) electrons. The van der Waals surface area contributed by atoms with E-state index < -0.39 is 27.0 Å². The van der Waals surface area contributed by atoms with Gasteiger partial charge in [0, 0.05) is 24.0 Å². The van der Waals surface area contributed by atoms with E-state index in [1.807, 2.05) is 0 Å². The maximum absolute atomic E-state index is 13.6. The first-order valence-electron chi connectivity index (χ1n) is 10.8. The van der Waals surface area contributed by atoms with Crippen LogP contribution in [0.3, 0.4) is 0 Å². The van der Waals surface area contributed by atoms with E-state index in [9.17, 15) is 26.4 Å². The normalized spacial score (nSPS) is 15.2. The molecule has 1 heterocycles. The predicted molar refractivity (Wildman–Crippen MR) is 121 cm³/mol. The van der Waals surface area contributed by atoms with Crippen LogP contribution in [0.15, 0.2) is 48.7 Å². The number of rotatable bonds is 6. The van der Waals surface area contributed by atoms with Crippen LogP contribution in [-0.2, 0) is 22.7 Å². The largest absolute Gasteiger partial charge is 0.417 e. The lowest BCUT2D eigenvalue weighted by molar-refractivity contribution is -0.137. The molecule has 0 spiro atoms. The molecule has 33 heavy (non-hydrogen) atoms. The fourth-order valence-corrected chi connectivity index (χ4v) is 5.57. The Labute approximate surface area is 190 Å². The number of carbonyl (C=O) groups is 1. The number of sulfonamides is 1. The maximum atomic E-state index is 13.6. The monoisotopic (exact) mass is 478 g/mol. The Bertz CT molecular complexity index is 1310. The van der Waals surface area contributed by atoms with Gasteiger partial charge in [0.25, 0.3) is 0 Å². The number of aromatic nitrogens is 1. The Morgan fingerprint density at radius 1 is 1.15 bits per heavy atom. The Morgan fingerprint density at radius 3 is 2.45 bits per heavy atom. The molecule has 5 nitrogen and oxygen atoms in total. The van der Waals surface area contributed by atoms with Crippen LogP contribution in [0.2, 0.25) is 0 Å². The number of fused-ring (bicyclic) bond motifs is 1. The van der Waals surface area contributed by atoms with E-state index in [4.69, 9.17) is 0 Å². The molecule has 0 atom stereocenters. The molecule has 0 bridgehead atoms. The van der Waals surface area contributed by atoms with Gasteiger partial charge in [0.1, 0.15) is 0 Å². The standard InChI is InChI=1S/C24H25F3N2O3S/c1-15(2)23(30)29-14-17(13-28-33(31,32)18-6-5-7-18)20-11-10-16(12-22(20)29)19-8-3-4-9-21(19)24(25,26)27/h3-4,8-12,14-15,18,28H,5-7,13H2,1-2H3. The van der Waals surface area contributed by atoms with Crippen LogP contribution in [0, 0.1) is 5.92 Å². The summed E-state index contributed by atoms with van der Waals surface area (Å²) in [4.78, 5) is 12.9. The average molecular weight is 479 g/mol. The summed E-state index contributed by atoms with van der Waals surface area (Å²) in [5.41, 5.74) is 0.626. The van der Waals surface area contributed by atoms with E-state index in [1.54, 1.807) is 38.2 Å². The zero-order valence-electron chi connectivity index (χ0n) is 18.3. The number of hydrogen-bond donors (Lipinski definition) is 1. The second-order valence-corrected chi connectivity index (χ2v) is 10.8. The third kappa shape index (κ3) is 4.56. The molecule has 0 aliphatic heterocycles. The number of alkyl halides is 3. The van der Waals surface area contributed by atoms with Crippen LogP contribution in [0.4, 0.5) is 13.2 Å². The van der Waals surface area contributed by atoms with Gasteiger partial charge >= 0.3 is 6.18 Å². The summed E-state index contributed by atoms with van der Waals surface area (Å²) in [5, 5.41) is 0.224. The zero-order valence-corrected chi connectivity index (χ0v) is 19.1. The van der Waals surface area contributed by atoms with Gasteiger partial charge in [0.2, 0.25) is 15.9 Å². The van der Waals surface area contributed by atoms with Crippen molar-refractivity contribution in [3.8, 4) is 11.1 Å². The van der Waals surface area contributed by atoms with Gasteiger partial charge in [0.15, 0.2) is 0 Å². The third-order valence-corrected chi connectivity index (χ3v) is 8.01. The summed E-state index contributed by atoms with van der Waals surface area (Å²) < 4.78 is 69.6. The van der Waals surface area contributed by atoms with Crippen LogP contribution in [0.25, 0.3) is 22.0 Å². The summed E-state index contributed by atoms with van der Waals surface area (Å²) in [6.07, 6.45) is -0.798. The molecule has 3 aromatic rings. The molecule has 9 heteroatoms. The van der Waals surface area contributed by atoms with E-state index in [1.165, 1.54) is 22.8 Å². The van der Waals surface area contributed by atoms with Gasteiger partial charge < -0.3 is 0 Å². The van der Waals surface area contributed by atoms with Gasteiger partial charge in [-0.05, 0) is 41.7 Å². The Hall–Kier alpha value is -2.65. The molecule has 4 rings (SSSR count). The lowest BCUT2D eigenvalue weighted by atomic mass is 9.98. The van der Waals surface area contributed by atoms with Crippen LogP contribution in [-0.4, -0.2) is 24.1 Å². The third-order valence-electron chi connectivity index (χ3n) is 6.12. The first kappa shape index (κ1) is 23.5. The van der Waals surface area contributed by atoms with Crippen molar-refractivity contribution in [3.63, 3.8) is 0 Å². The summed E-state index contributed by atoms with van der Waals surface area (Å²) in [5.74, 6) is -0.583. The number of halogens is 3. The number of hydrogen-bond acceptors (Lipinski definition) is 3. The number of benzene rings is 2. The van der Waals surface area contributed by atoms with Crippen molar-refractivity contribution in [2.75, 3.05) is 0 Å². The molecule has 1 saturated carbocycles. The summed E-state index contributed by atoms with van der Waals surface area (Å²) in [7, 11) is -3.46. The predicted octanol–water partition coefficient (Wildman–Crippen LogP) is 5.60. The van der Waals surface area contributed by atoms with Crippen molar-refractivity contribution in [2.24, 2.45) is 5.92 Å². The Morgan fingerprint density at radius 2 is 1.85 bits per heavy atom. The average Bonchev–Trinajstić information content (AvgIpc) is 3.07. The molecule has 176 valence electrons. The first-order chi connectivity index (χ1) is 15.5. The van der Waals surface area contributed by atoms with Crippen molar-refractivity contribution in [2.45, 2.75) is 51.1 Å². The quantitative estimate of drug-likeness (QED) is 0.502. The van der Waals surface area contributed by atoms with E-state index in [0.29, 0.717) is 34.9 Å². The number of nitrogens with one attached hydrogen (secondary N) is 1. The molecule has 1 aliphatic rings. The van der Waals surface area contributed by atoms with Crippen LogP contribution < -0.4 is 4.72 Å². The van der Waals surface area contributed by atoms with Crippen molar-refractivity contribution >= 4 is 26.8 Å². The molecule has 0 amide bonds. The van der Waals surface area contributed by atoms with E-state index in [0.717, 1.165) is 12.5 Å². The highest BCUT2D eigenvalue weighted by atomic mass is 32.2. The number of carbonyl (C=O) groups excluding carboxylic acids is 1. The molecule has 0 unspecified atom stereocenters. The topological polar surface area (TPSA) is 68.2 Å². The van der Waals surface area contributed by atoms with Crippen molar-refractivity contribution in [1.29, 1.82) is 0 Å². The van der Waals surface area contributed by atoms with Crippen molar-refractivity contribution in [3.05, 3.63) is 59.8 Å². The zero-order chi connectivity index (χ0) is 24.0. The van der Waals surface area contributed by atoms with Gasteiger partial charge in [-0.3, -0.25) is 9.36 Å². The molecule has 1 aromatic heterocycles. The molecule has 1 fully saturated rings. The SMILES string of the molecule is CC(C)C(=O)n1cc(CNS(=O)(=O)C2CCC2)c2ccc(-c3ccccc3C(F)(F)F)cc21. The summed E-state index contributed by atoms with van der Waals surface area (Å²) in [6.45, 7) is 3.47. The van der Waals surface area contributed by atoms with Crippen molar-refractivity contribution < 1.29 is 26.4 Å². The Balaban J connectivity index is 1.79. The summed E-state index contributed by atoms with van der Waals surface area (Å²) in [6, 6.07) is 10.1. The highest BCUT2D eigenvalue weighted by Gasteiger charge is 2.34. The second-order valence-electron chi connectivity index (χ2n) is 8.71. The maximum Gasteiger partial charge on any atom is 0.417 e. The van der Waals surface area contributed by atoms with Crippen LogP contribution in [0.1, 0.15) is 49.0 Å². The van der Waals surface area contributed by atoms with E-state index >= 15 is 0 Å². The number of nitrogens with zero attached hydrogens (tertiary/aromatic N) is 1. The fourth-order valence-electron chi connectivity index (χ4n) is 4.03. The highest BCUT2D eigenvalue weighted by Crippen LogP contribution is 2.38. The molecule has 1 N–H and O–H groups in total. The van der Waals surface area contributed by atoms with Gasteiger partial charge in [-0.1, -0.05) is 50.6 Å². The second kappa shape index (κ2) is 8.61.